The van der Waals surface area contributed by atoms with Crippen LogP contribution in [0.15, 0.2) is 53.7 Å². The van der Waals surface area contributed by atoms with Crippen molar-refractivity contribution in [3.05, 3.63) is 80.8 Å². The van der Waals surface area contributed by atoms with E-state index in [1.54, 1.807) is 12.1 Å². The van der Waals surface area contributed by atoms with Crippen molar-refractivity contribution in [2.24, 2.45) is 0 Å². The maximum atomic E-state index is 13.5. The lowest BCUT2D eigenvalue weighted by Crippen LogP contribution is -2.33. The first-order valence-electron chi connectivity index (χ1n) is 11.1. The first kappa shape index (κ1) is 24.3. The van der Waals surface area contributed by atoms with Crippen molar-refractivity contribution in [1.29, 1.82) is 0 Å². The van der Waals surface area contributed by atoms with Gasteiger partial charge in [0.05, 0.1) is 19.1 Å². The molecular formula is C24H20F3N5O5. The molecule has 10 nitrogen and oxygen atoms in total. The zero-order valence-corrected chi connectivity index (χ0v) is 19.6. The fourth-order valence-corrected chi connectivity index (χ4v) is 4.76. The van der Waals surface area contributed by atoms with E-state index in [2.05, 4.69) is 15.4 Å². The second kappa shape index (κ2) is 8.91. The van der Waals surface area contributed by atoms with E-state index in [1.165, 1.54) is 38.5 Å². The fraction of sp³-hybridized carbons (Fsp3) is 0.292. The number of rotatable bonds is 5. The smallest absolute Gasteiger partial charge is 0.453 e. The van der Waals surface area contributed by atoms with E-state index >= 15 is 0 Å². The Kier molecular flexibility index (Phi) is 5.85. The number of Topliss-reactive ketones (excluding diaryl/α,β-unsaturated/α-hetero) is 1. The fourth-order valence-electron chi connectivity index (χ4n) is 4.76. The zero-order valence-electron chi connectivity index (χ0n) is 19.6. The first-order chi connectivity index (χ1) is 17.6. The number of hydrogen-bond donors (Lipinski definition) is 1. The van der Waals surface area contributed by atoms with Crippen LogP contribution in [0.4, 0.5) is 24.8 Å². The highest BCUT2D eigenvalue weighted by Gasteiger charge is 2.43. The summed E-state index contributed by atoms with van der Waals surface area (Å²) in [7, 11) is 3.01. The van der Waals surface area contributed by atoms with Crippen molar-refractivity contribution in [1.82, 2.24) is 14.8 Å². The number of anilines is 1. The van der Waals surface area contributed by atoms with Crippen LogP contribution >= 0.6 is 0 Å². The number of non-ortho nitro benzene ring substituents is 1. The average molecular weight is 515 g/mol. The molecule has 5 rings (SSSR count). The highest BCUT2D eigenvalue weighted by molar-refractivity contribution is 6.00. The lowest BCUT2D eigenvalue weighted by molar-refractivity contribution is -0.384. The Morgan fingerprint density at radius 3 is 2.35 bits per heavy atom. The molecule has 2 heterocycles. The molecule has 0 fully saturated rings. The summed E-state index contributed by atoms with van der Waals surface area (Å²) in [5.74, 6) is -1.09. The van der Waals surface area contributed by atoms with Crippen LogP contribution in [0.5, 0.6) is 11.5 Å². The molecule has 2 atom stereocenters. The number of carbonyl (C=O) groups is 1. The Bertz CT molecular complexity index is 1430. The minimum absolute atomic E-state index is 0.0929. The van der Waals surface area contributed by atoms with Crippen LogP contribution in [0, 0.1) is 10.1 Å². The molecule has 192 valence electrons. The van der Waals surface area contributed by atoms with Crippen LogP contribution in [0.1, 0.15) is 41.8 Å². The summed E-state index contributed by atoms with van der Waals surface area (Å²) in [6.07, 6.45) is -4.40. The first-order valence-corrected chi connectivity index (χ1v) is 11.1. The monoisotopic (exact) mass is 515 g/mol. The number of nitro benzene ring substituents is 1. The van der Waals surface area contributed by atoms with Gasteiger partial charge in [-0.25, -0.2) is 4.68 Å². The number of ketones is 1. The van der Waals surface area contributed by atoms with Gasteiger partial charge in [-0.1, -0.05) is 6.07 Å². The van der Waals surface area contributed by atoms with E-state index in [0.29, 0.717) is 29.2 Å². The Hall–Kier alpha value is -4.42. The minimum Gasteiger partial charge on any atom is -0.493 e. The van der Waals surface area contributed by atoms with E-state index < -0.39 is 23.0 Å². The van der Waals surface area contributed by atoms with E-state index in [0.717, 1.165) is 10.2 Å². The molecule has 0 radical (unpaired) electrons. The molecule has 1 aliphatic carbocycles. The number of aromatic nitrogens is 3. The highest BCUT2D eigenvalue weighted by Crippen LogP contribution is 2.46. The number of ether oxygens (including phenoxy) is 2. The van der Waals surface area contributed by atoms with E-state index in [-0.39, 0.29) is 35.3 Å². The predicted molar refractivity (Wildman–Crippen MR) is 123 cm³/mol. The summed E-state index contributed by atoms with van der Waals surface area (Å²) in [5, 5.41) is 17.6. The highest BCUT2D eigenvalue weighted by atomic mass is 19.4. The van der Waals surface area contributed by atoms with Crippen LogP contribution in [0.2, 0.25) is 0 Å². The third kappa shape index (κ3) is 4.26. The summed E-state index contributed by atoms with van der Waals surface area (Å²) < 4.78 is 52.1. The van der Waals surface area contributed by atoms with Gasteiger partial charge in [0.1, 0.15) is 6.04 Å². The molecule has 37 heavy (non-hydrogen) atoms. The normalized spacial score (nSPS) is 19.1. The Morgan fingerprint density at radius 2 is 1.73 bits per heavy atom. The Morgan fingerprint density at radius 1 is 1.05 bits per heavy atom. The van der Waals surface area contributed by atoms with Gasteiger partial charge in [-0.3, -0.25) is 14.9 Å². The topological polar surface area (TPSA) is 121 Å². The Labute approximate surface area is 207 Å². The number of halogens is 3. The molecule has 1 N–H and O–H groups in total. The molecule has 2 aliphatic rings. The maximum Gasteiger partial charge on any atom is 0.453 e. The minimum atomic E-state index is -4.81. The molecule has 2 aromatic carbocycles. The van der Waals surface area contributed by atoms with Crippen LogP contribution in [0.3, 0.4) is 0 Å². The van der Waals surface area contributed by atoms with Gasteiger partial charge in [0.25, 0.3) is 11.5 Å². The number of fused-ring (bicyclic) bond motifs is 1. The quantitative estimate of drug-likeness (QED) is 0.385. The van der Waals surface area contributed by atoms with Gasteiger partial charge >= 0.3 is 6.18 Å². The lowest BCUT2D eigenvalue weighted by Gasteiger charge is -2.35. The summed E-state index contributed by atoms with van der Waals surface area (Å²) >= 11 is 0. The number of nitrogens with zero attached hydrogens (tertiary/aromatic N) is 4. The molecule has 0 bridgehead atoms. The molecule has 1 aromatic heterocycles. The Balaban J connectivity index is 1.59. The van der Waals surface area contributed by atoms with Crippen molar-refractivity contribution in [2.45, 2.75) is 31.0 Å². The summed E-state index contributed by atoms with van der Waals surface area (Å²) in [6.45, 7) is 0. The van der Waals surface area contributed by atoms with Crippen molar-refractivity contribution in [2.75, 3.05) is 19.5 Å². The number of methoxy groups -OCH3 is 2. The van der Waals surface area contributed by atoms with Gasteiger partial charge in [-0.05, 0) is 47.7 Å². The number of nitro groups is 1. The van der Waals surface area contributed by atoms with E-state index in [4.69, 9.17) is 9.47 Å². The molecule has 0 amide bonds. The van der Waals surface area contributed by atoms with Crippen LogP contribution < -0.4 is 14.8 Å². The number of hydrogen-bond acceptors (Lipinski definition) is 8. The van der Waals surface area contributed by atoms with Crippen molar-refractivity contribution >= 4 is 17.4 Å². The lowest BCUT2D eigenvalue weighted by atomic mass is 9.78. The second-order valence-electron chi connectivity index (χ2n) is 8.61. The van der Waals surface area contributed by atoms with Crippen molar-refractivity contribution < 1.29 is 32.4 Å². The molecule has 13 heteroatoms. The van der Waals surface area contributed by atoms with Gasteiger partial charge in [0.2, 0.25) is 5.95 Å². The van der Waals surface area contributed by atoms with Crippen molar-refractivity contribution in [3.63, 3.8) is 0 Å². The van der Waals surface area contributed by atoms with Gasteiger partial charge in [0.15, 0.2) is 17.3 Å². The third-order valence-corrected chi connectivity index (χ3v) is 6.47. The molecule has 1 aliphatic heterocycles. The number of benzene rings is 2. The van der Waals surface area contributed by atoms with Crippen molar-refractivity contribution in [3.8, 4) is 11.5 Å². The molecule has 3 aromatic rings. The number of nitrogens with one attached hydrogen (secondary N) is 1. The van der Waals surface area contributed by atoms with Gasteiger partial charge in [-0.2, -0.15) is 18.2 Å². The number of allylic oxidation sites excluding steroid dienone is 2. The molecule has 0 saturated carbocycles. The number of alkyl halides is 3. The van der Waals surface area contributed by atoms with Crippen LogP contribution in [-0.4, -0.2) is 39.7 Å². The van der Waals surface area contributed by atoms with Crippen LogP contribution in [0.25, 0.3) is 0 Å². The summed E-state index contributed by atoms with van der Waals surface area (Å²) in [5.41, 5.74) is 1.65. The van der Waals surface area contributed by atoms with E-state index in [9.17, 15) is 28.1 Å². The maximum absolute atomic E-state index is 13.5. The third-order valence-electron chi connectivity index (χ3n) is 6.47. The second-order valence-corrected chi connectivity index (χ2v) is 8.61. The zero-order chi connectivity index (χ0) is 26.5. The standard InChI is InChI=1S/C24H20F3N5O5/c1-36-18-8-5-13(11-19(18)37-2)14-9-16-20(17(33)10-14)21(12-3-6-15(7-4-12)32(34)35)31-23(28-16)29-22(30-31)24(25,26)27/h3-8,11,14,21H,9-10H2,1-2H3,(H,28,29,30)/t14-,21-/m0/s1. The van der Waals surface area contributed by atoms with Crippen LogP contribution in [-0.2, 0) is 11.0 Å². The summed E-state index contributed by atoms with van der Waals surface area (Å²) in [6, 6.07) is 9.56. The van der Waals surface area contributed by atoms with Gasteiger partial charge < -0.3 is 14.8 Å². The predicted octanol–water partition coefficient (Wildman–Crippen LogP) is 4.64. The SMILES string of the molecule is COc1ccc([C@@H]2CC(=O)C3=C(C2)Nc2nc(C(F)(F)F)nn2[C@H]3c2ccc([N+](=O)[O-])cc2)cc1OC. The molecular weight excluding hydrogens is 495 g/mol. The average Bonchev–Trinajstić information content (AvgIpc) is 3.31. The molecule has 0 spiro atoms. The largest absolute Gasteiger partial charge is 0.493 e. The van der Waals surface area contributed by atoms with Gasteiger partial charge in [0, 0.05) is 29.8 Å². The molecule has 0 unspecified atom stereocenters. The summed E-state index contributed by atoms with van der Waals surface area (Å²) in [4.78, 5) is 27.7. The molecule has 0 saturated heterocycles. The van der Waals surface area contributed by atoms with E-state index in [1.807, 2.05) is 6.07 Å². The van der Waals surface area contributed by atoms with Gasteiger partial charge in [-0.15, -0.1) is 5.10 Å². The number of carbonyl (C=O) groups excluding carboxylic acids is 1.